The summed E-state index contributed by atoms with van der Waals surface area (Å²) in [5, 5.41) is 7.18. The minimum absolute atomic E-state index is 0.0898. The van der Waals surface area contributed by atoms with Gasteiger partial charge in [-0.3, -0.25) is 0 Å². The highest BCUT2D eigenvalue weighted by Gasteiger charge is 2.22. The summed E-state index contributed by atoms with van der Waals surface area (Å²) in [6.45, 7) is 1.99. The lowest BCUT2D eigenvalue weighted by Gasteiger charge is -2.11. The minimum Gasteiger partial charge on any atom is -0.497 e. The summed E-state index contributed by atoms with van der Waals surface area (Å²) in [7, 11) is 1.61. The molecule has 26 heavy (non-hydrogen) atoms. The number of benzene rings is 2. The monoisotopic (exact) mass is 370 g/mol. The van der Waals surface area contributed by atoms with Crippen molar-refractivity contribution in [2.45, 2.75) is 6.92 Å². The molecule has 0 spiro atoms. The molecule has 1 aromatic heterocycles. The second kappa shape index (κ2) is 7.88. The van der Waals surface area contributed by atoms with Gasteiger partial charge in [0.25, 0.3) is 0 Å². The van der Waals surface area contributed by atoms with Crippen LogP contribution in [0.3, 0.4) is 0 Å². The molecule has 0 atom stereocenters. The average Bonchev–Trinajstić information content (AvgIpc) is 3.01. The van der Waals surface area contributed by atoms with Crippen molar-refractivity contribution in [2.24, 2.45) is 0 Å². The predicted octanol–water partition coefficient (Wildman–Crippen LogP) is 4.43. The normalized spacial score (nSPS) is 10.4. The molecule has 1 heterocycles. The maximum Gasteiger partial charge on any atom is 0.376 e. The molecule has 0 aliphatic heterocycles. The molecule has 0 saturated carbocycles. The molecule has 2 aromatic carbocycles. The zero-order chi connectivity index (χ0) is 18.5. The summed E-state index contributed by atoms with van der Waals surface area (Å²) >= 11 is 5.37. The Kier molecular flexibility index (Phi) is 5.38. The fraction of sp³-hybridized carbons (Fsp3) is 0.158. The Labute approximate surface area is 156 Å². The van der Waals surface area contributed by atoms with Crippen LogP contribution >= 0.6 is 12.2 Å². The van der Waals surface area contributed by atoms with Gasteiger partial charge in [-0.05, 0) is 55.5 Å². The maximum atomic E-state index is 12.2. The molecule has 2 N–H and O–H groups in total. The van der Waals surface area contributed by atoms with Gasteiger partial charge in [0.05, 0.1) is 13.7 Å². The number of fused-ring (bicyclic) bond motifs is 1. The number of furan rings is 1. The highest BCUT2D eigenvalue weighted by atomic mass is 32.1. The number of para-hydroxylation sites is 1. The van der Waals surface area contributed by atoms with E-state index in [0.29, 0.717) is 16.4 Å². The Bertz CT molecular complexity index is 934. The number of esters is 1. The van der Waals surface area contributed by atoms with Crippen molar-refractivity contribution < 1.29 is 18.7 Å². The first kappa shape index (κ1) is 17.8. The van der Waals surface area contributed by atoms with Crippen LogP contribution in [0.15, 0.2) is 52.9 Å². The number of anilines is 2. The summed E-state index contributed by atoms with van der Waals surface area (Å²) < 4.78 is 15.9. The Morgan fingerprint density at radius 1 is 1.12 bits per heavy atom. The van der Waals surface area contributed by atoms with Gasteiger partial charge >= 0.3 is 5.97 Å². The van der Waals surface area contributed by atoms with Crippen LogP contribution in [0.1, 0.15) is 17.5 Å². The van der Waals surface area contributed by atoms with Gasteiger partial charge in [0.1, 0.15) is 17.0 Å². The van der Waals surface area contributed by atoms with E-state index in [2.05, 4.69) is 10.6 Å². The van der Waals surface area contributed by atoms with Crippen molar-refractivity contribution in [3.05, 3.63) is 54.3 Å². The van der Waals surface area contributed by atoms with Gasteiger partial charge in [0, 0.05) is 11.1 Å². The lowest BCUT2D eigenvalue weighted by atomic mass is 10.2. The summed E-state index contributed by atoms with van der Waals surface area (Å²) in [4.78, 5) is 12.2. The van der Waals surface area contributed by atoms with E-state index < -0.39 is 5.97 Å². The average molecular weight is 370 g/mol. The third-order valence-corrected chi connectivity index (χ3v) is 3.85. The number of ether oxygens (including phenoxy) is 2. The minimum atomic E-state index is -0.543. The first-order chi connectivity index (χ1) is 12.6. The predicted molar refractivity (Wildman–Crippen MR) is 105 cm³/mol. The number of carbonyl (C=O) groups is 1. The molecule has 0 amide bonds. The van der Waals surface area contributed by atoms with Crippen LogP contribution in [0.4, 0.5) is 11.4 Å². The van der Waals surface area contributed by atoms with E-state index in [1.807, 2.05) is 42.5 Å². The van der Waals surface area contributed by atoms with Crippen LogP contribution in [-0.2, 0) is 4.74 Å². The molecule has 0 bridgehead atoms. The molecule has 3 aromatic rings. The van der Waals surface area contributed by atoms with Crippen molar-refractivity contribution in [3.8, 4) is 5.75 Å². The summed E-state index contributed by atoms with van der Waals surface area (Å²) in [6.07, 6.45) is 0. The molecule has 134 valence electrons. The second-order valence-corrected chi connectivity index (χ2v) is 5.74. The van der Waals surface area contributed by atoms with Crippen LogP contribution in [0.25, 0.3) is 11.0 Å². The van der Waals surface area contributed by atoms with E-state index in [0.717, 1.165) is 16.8 Å². The summed E-state index contributed by atoms with van der Waals surface area (Å²) in [5.41, 5.74) is 1.84. The highest BCUT2D eigenvalue weighted by molar-refractivity contribution is 7.80. The maximum absolute atomic E-state index is 12.2. The zero-order valence-electron chi connectivity index (χ0n) is 14.4. The fourth-order valence-electron chi connectivity index (χ4n) is 2.46. The van der Waals surface area contributed by atoms with Crippen molar-refractivity contribution in [1.29, 1.82) is 0 Å². The van der Waals surface area contributed by atoms with E-state index in [4.69, 9.17) is 26.1 Å². The largest absolute Gasteiger partial charge is 0.497 e. The van der Waals surface area contributed by atoms with Crippen molar-refractivity contribution in [2.75, 3.05) is 24.4 Å². The first-order valence-corrected chi connectivity index (χ1v) is 8.44. The van der Waals surface area contributed by atoms with E-state index in [1.54, 1.807) is 20.1 Å². The third kappa shape index (κ3) is 3.78. The number of carbonyl (C=O) groups excluding carboxylic acids is 1. The van der Waals surface area contributed by atoms with Gasteiger partial charge in [0.15, 0.2) is 5.11 Å². The number of nitrogens with one attached hydrogen (secondary N) is 2. The van der Waals surface area contributed by atoms with E-state index in [1.165, 1.54) is 0 Å². The summed E-state index contributed by atoms with van der Waals surface area (Å²) in [5.74, 6) is 0.297. The molecule has 7 heteroatoms. The van der Waals surface area contributed by atoms with E-state index >= 15 is 0 Å². The molecule has 3 rings (SSSR count). The quantitative estimate of drug-likeness (QED) is 0.508. The zero-order valence-corrected chi connectivity index (χ0v) is 15.2. The smallest absolute Gasteiger partial charge is 0.376 e. The van der Waals surface area contributed by atoms with Gasteiger partial charge < -0.3 is 24.5 Å². The van der Waals surface area contributed by atoms with Crippen LogP contribution < -0.4 is 15.4 Å². The van der Waals surface area contributed by atoms with Gasteiger partial charge in [-0.2, -0.15) is 0 Å². The first-order valence-electron chi connectivity index (χ1n) is 8.03. The molecule has 0 radical (unpaired) electrons. The van der Waals surface area contributed by atoms with E-state index in [-0.39, 0.29) is 12.4 Å². The molecule has 0 aliphatic rings. The van der Waals surface area contributed by atoms with Gasteiger partial charge in [0.2, 0.25) is 5.76 Å². The van der Waals surface area contributed by atoms with Crippen LogP contribution in [-0.4, -0.2) is 24.8 Å². The third-order valence-electron chi connectivity index (χ3n) is 3.64. The van der Waals surface area contributed by atoms with E-state index in [9.17, 15) is 4.79 Å². The van der Waals surface area contributed by atoms with Gasteiger partial charge in [-0.1, -0.05) is 12.1 Å². The highest BCUT2D eigenvalue weighted by Crippen LogP contribution is 2.31. The van der Waals surface area contributed by atoms with Crippen LogP contribution in [0.2, 0.25) is 0 Å². The molecule has 0 saturated heterocycles. The number of methoxy groups -OCH3 is 1. The standard InChI is InChI=1S/C19H18N2O4S/c1-3-24-18(22)17-16(14-6-4-5-7-15(14)25-17)21-19(26)20-12-8-10-13(23-2)11-9-12/h4-11H,3H2,1-2H3,(H2,20,21,26). The fourth-order valence-corrected chi connectivity index (χ4v) is 2.68. The van der Waals surface area contributed by atoms with Crippen molar-refractivity contribution in [1.82, 2.24) is 0 Å². The molecule has 0 fully saturated rings. The van der Waals surface area contributed by atoms with Crippen LogP contribution in [0, 0.1) is 0 Å². The Morgan fingerprint density at radius 2 is 1.85 bits per heavy atom. The molecule has 6 nitrogen and oxygen atoms in total. The Hall–Kier alpha value is -3.06. The van der Waals surface area contributed by atoms with Crippen molar-refractivity contribution in [3.63, 3.8) is 0 Å². The molecule has 0 unspecified atom stereocenters. The van der Waals surface area contributed by atoms with Gasteiger partial charge in [-0.25, -0.2) is 4.79 Å². The second-order valence-electron chi connectivity index (χ2n) is 5.33. The Morgan fingerprint density at radius 3 is 2.54 bits per heavy atom. The molecular formula is C19H18N2O4S. The molecule has 0 aliphatic carbocycles. The Balaban J connectivity index is 1.85. The SMILES string of the molecule is CCOC(=O)c1oc2ccccc2c1NC(=S)Nc1ccc(OC)cc1. The lowest BCUT2D eigenvalue weighted by Crippen LogP contribution is -2.20. The lowest BCUT2D eigenvalue weighted by molar-refractivity contribution is 0.0494. The van der Waals surface area contributed by atoms with Crippen molar-refractivity contribution >= 4 is 45.6 Å². The number of hydrogen-bond donors (Lipinski definition) is 2. The number of hydrogen-bond acceptors (Lipinski definition) is 5. The molecular weight excluding hydrogens is 352 g/mol. The van der Waals surface area contributed by atoms with Crippen LogP contribution in [0.5, 0.6) is 5.75 Å². The van der Waals surface area contributed by atoms with Gasteiger partial charge in [-0.15, -0.1) is 0 Å². The topological polar surface area (TPSA) is 72.7 Å². The number of rotatable bonds is 5. The summed E-state index contributed by atoms with van der Waals surface area (Å²) in [6, 6.07) is 14.6. The number of thiocarbonyl (C=S) groups is 1.